The zero-order chi connectivity index (χ0) is 13.4. The van der Waals surface area contributed by atoms with Crippen LogP contribution in [0, 0.1) is 0 Å². The first-order chi connectivity index (χ1) is 8.41. The van der Waals surface area contributed by atoms with Gasteiger partial charge in [-0.1, -0.05) is 0 Å². The summed E-state index contributed by atoms with van der Waals surface area (Å²) in [5, 5.41) is -0.302. The SMILES string of the molecule is CC(N)C(=O)N1C(=O)C(C)Sc2ccc(N)cc21. The summed E-state index contributed by atoms with van der Waals surface area (Å²) in [5.74, 6) is -0.653. The fourth-order valence-corrected chi connectivity index (χ4v) is 2.79. The molecule has 0 saturated carbocycles. The predicted octanol–water partition coefficient (Wildman–Crippen LogP) is 0.970. The third-order valence-corrected chi connectivity index (χ3v) is 3.86. The highest BCUT2D eigenvalue weighted by molar-refractivity contribution is 8.01. The Balaban J connectivity index is 2.54. The van der Waals surface area contributed by atoms with Crippen LogP contribution in [0.2, 0.25) is 0 Å². The van der Waals surface area contributed by atoms with Crippen LogP contribution in [0.4, 0.5) is 11.4 Å². The van der Waals surface area contributed by atoms with Gasteiger partial charge in [0.1, 0.15) is 0 Å². The molecule has 0 fully saturated rings. The molecule has 0 bridgehead atoms. The van der Waals surface area contributed by atoms with Crippen LogP contribution in [0.5, 0.6) is 0 Å². The number of fused-ring (bicyclic) bond motifs is 1. The lowest BCUT2D eigenvalue weighted by atomic mass is 10.2. The van der Waals surface area contributed by atoms with Gasteiger partial charge in [-0.05, 0) is 32.0 Å². The minimum atomic E-state index is -0.724. The number of hydrogen-bond acceptors (Lipinski definition) is 5. The van der Waals surface area contributed by atoms with E-state index < -0.39 is 11.9 Å². The predicted molar refractivity (Wildman–Crippen MR) is 72.3 cm³/mol. The number of anilines is 2. The lowest BCUT2D eigenvalue weighted by Crippen LogP contribution is -2.50. The van der Waals surface area contributed by atoms with E-state index in [0.717, 1.165) is 9.80 Å². The number of rotatable bonds is 1. The second-order valence-corrected chi connectivity index (χ2v) is 5.67. The summed E-state index contributed by atoms with van der Waals surface area (Å²) in [7, 11) is 0. The third-order valence-electron chi connectivity index (χ3n) is 2.71. The van der Waals surface area contributed by atoms with Crippen molar-refractivity contribution in [1.82, 2.24) is 0 Å². The lowest BCUT2D eigenvalue weighted by Gasteiger charge is -2.31. The van der Waals surface area contributed by atoms with E-state index in [1.54, 1.807) is 26.0 Å². The molecule has 5 nitrogen and oxygen atoms in total. The Morgan fingerprint density at radius 1 is 1.50 bits per heavy atom. The van der Waals surface area contributed by atoms with Crippen molar-refractivity contribution in [1.29, 1.82) is 0 Å². The van der Waals surface area contributed by atoms with E-state index in [-0.39, 0.29) is 11.2 Å². The number of hydrogen-bond donors (Lipinski definition) is 2. The zero-order valence-corrected chi connectivity index (χ0v) is 11.0. The molecule has 0 aromatic heterocycles. The molecule has 1 aliphatic heterocycles. The summed E-state index contributed by atoms with van der Waals surface area (Å²) < 4.78 is 0. The fraction of sp³-hybridized carbons (Fsp3) is 0.333. The molecule has 2 unspecified atom stereocenters. The number of carbonyl (C=O) groups excluding carboxylic acids is 2. The molecule has 0 radical (unpaired) electrons. The first-order valence-electron chi connectivity index (χ1n) is 5.61. The number of thioether (sulfide) groups is 1. The molecule has 0 spiro atoms. The largest absolute Gasteiger partial charge is 0.399 e. The maximum Gasteiger partial charge on any atom is 0.250 e. The number of nitrogens with two attached hydrogens (primary N) is 2. The second-order valence-electron chi connectivity index (χ2n) is 4.29. The molecule has 1 aromatic carbocycles. The standard InChI is InChI=1S/C12H15N3O2S/c1-6(13)11(16)15-9-5-8(14)3-4-10(9)18-7(2)12(15)17/h3-7H,13-14H2,1-2H3. The Morgan fingerprint density at radius 3 is 2.78 bits per heavy atom. The number of benzene rings is 1. The van der Waals surface area contributed by atoms with Gasteiger partial charge in [-0.25, -0.2) is 4.90 Å². The molecule has 1 heterocycles. The summed E-state index contributed by atoms with van der Waals surface area (Å²) in [6.07, 6.45) is 0. The van der Waals surface area contributed by atoms with Gasteiger partial charge in [0.2, 0.25) is 11.8 Å². The van der Waals surface area contributed by atoms with Crippen molar-refractivity contribution in [2.45, 2.75) is 30.0 Å². The molecule has 2 amide bonds. The Kier molecular flexibility index (Phi) is 3.32. The van der Waals surface area contributed by atoms with E-state index in [2.05, 4.69) is 0 Å². The van der Waals surface area contributed by atoms with Crippen LogP contribution in [-0.2, 0) is 9.59 Å². The average Bonchev–Trinajstić information content (AvgIpc) is 2.31. The monoisotopic (exact) mass is 265 g/mol. The molecule has 1 aliphatic rings. The van der Waals surface area contributed by atoms with Crippen LogP contribution in [-0.4, -0.2) is 23.1 Å². The maximum absolute atomic E-state index is 12.1. The number of nitrogen functional groups attached to an aromatic ring is 1. The van der Waals surface area contributed by atoms with Crippen LogP contribution in [0.3, 0.4) is 0 Å². The first-order valence-corrected chi connectivity index (χ1v) is 6.49. The second kappa shape index (κ2) is 4.62. The Labute approximate surface area is 110 Å². The van der Waals surface area contributed by atoms with E-state index in [4.69, 9.17) is 11.5 Å². The Hall–Kier alpha value is -1.53. The highest BCUT2D eigenvalue weighted by Gasteiger charge is 2.35. The molecular formula is C12H15N3O2S. The minimum absolute atomic E-state index is 0.250. The van der Waals surface area contributed by atoms with Crippen molar-refractivity contribution in [3.63, 3.8) is 0 Å². The molecular weight excluding hydrogens is 250 g/mol. The molecule has 18 heavy (non-hydrogen) atoms. The van der Waals surface area contributed by atoms with Crippen molar-refractivity contribution in [2.75, 3.05) is 10.6 Å². The van der Waals surface area contributed by atoms with Gasteiger partial charge >= 0.3 is 0 Å². The summed E-state index contributed by atoms with van der Waals surface area (Å²) in [4.78, 5) is 26.2. The summed E-state index contributed by atoms with van der Waals surface area (Å²) >= 11 is 1.42. The minimum Gasteiger partial charge on any atom is -0.399 e. The smallest absolute Gasteiger partial charge is 0.250 e. The quantitative estimate of drug-likeness (QED) is 0.738. The van der Waals surface area contributed by atoms with Crippen molar-refractivity contribution < 1.29 is 9.59 Å². The van der Waals surface area contributed by atoms with Gasteiger partial charge in [0.25, 0.3) is 0 Å². The van der Waals surface area contributed by atoms with Gasteiger partial charge in [0.15, 0.2) is 0 Å². The van der Waals surface area contributed by atoms with E-state index >= 15 is 0 Å². The zero-order valence-electron chi connectivity index (χ0n) is 10.2. The van der Waals surface area contributed by atoms with Crippen LogP contribution in [0.25, 0.3) is 0 Å². The molecule has 0 saturated heterocycles. The fourth-order valence-electron chi connectivity index (χ4n) is 1.78. The topological polar surface area (TPSA) is 89.4 Å². The maximum atomic E-state index is 12.1. The summed E-state index contributed by atoms with van der Waals surface area (Å²) in [5.41, 5.74) is 12.3. The van der Waals surface area contributed by atoms with Crippen molar-refractivity contribution in [2.24, 2.45) is 5.73 Å². The van der Waals surface area contributed by atoms with E-state index in [1.807, 2.05) is 6.07 Å². The lowest BCUT2D eigenvalue weighted by molar-refractivity contribution is -0.126. The van der Waals surface area contributed by atoms with Gasteiger partial charge in [0.05, 0.1) is 17.0 Å². The summed E-state index contributed by atoms with van der Waals surface area (Å²) in [6, 6.07) is 4.48. The van der Waals surface area contributed by atoms with E-state index in [0.29, 0.717) is 11.4 Å². The van der Waals surface area contributed by atoms with E-state index in [1.165, 1.54) is 11.8 Å². The highest BCUT2D eigenvalue weighted by atomic mass is 32.2. The van der Waals surface area contributed by atoms with Gasteiger partial charge in [0, 0.05) is 10.6 Å². The average molecular weight is 265 g/mol. The molecule has 2 rings (SSSR count). The molecule has 6 heteroatoms. The molecule has 1 aromatic rings. The van der Waals surface area contributed by atoms with Crippen molar-refractivity contribution in [3.8, 4) is 0 Å². The number of imide groups is 1. The molecule has 2 atom stereocenters. The van der Waals surface area contributed by atoms with Gasteiger partial charge in [-0.15, -0.1) is 11.8 Å². The van der Waals surface area contributed by atoms with Crippen molar-refractivity contribution in [3.05, 3.63) is 18.2 Å². The van der Waals surface area contributed by atoms with E-state index in [9.17, 15) is 9.59 Å². The Morgan fingerprint density at radius 2 is 2.17 bits per heavy atom. The van der Waals surface area contributed by atoms with Crippen LogP contribution >= 0.6 is 11.8 Å². The third kappa shape index (κ3) is 2.09. The van der Waals surface area contributed by atoms with Gasteiger partial charge in [-0.3, -0.25) is 9.59 Å². The normalized spacial score (nSPS) is 20.5. The Bertz CT molecular complexity index is 516. The highest BCUT2D eigenvalue weighted by Crippen LogP contribution is 2.40. The van der Waals surface area contributed by atoms with Crippen LogP contribution in [0.1, 0.15) is 13.8 Å². The first kappa shape index (κ1) is 12.9. The van der Waals surface area contributed by atoms with Gasteiger partial charge < -0.3 is 11.5 Å². The number of nitrogens with zero attached hydrogens (tertiary/aromatic N) is 1. The molecule has 0 aliphatic carbocycles. The molecule has 4 N–H and O–H groups in total. The van der Waals surface area contributed by atoms with Crippen molar-refractivity contribution >= 4 is 35.0 Å². The van der Waals surface area contributed by atoms with Crippen LogP contribution < -0.4 is 16.4 Å². The van der Waals surface area contributed by atoms with Gasteiger partial charge in [-0.2, -0.15) is 0 Å². The molecule has 96 valence electrons. The number of carbonyl (C=O) groups is 2. The number of amides is 2. The van der Waals surface area contributed by atoms with Crippen LogP contribution in [0.15, 0.2) is 23.1 Å². The summed E-state index contributed by atoms with van der Waals surface area (Å²) in [6.45, 7) is 3.34.